The summed E-state index contributed by atoms with van der Waals surface area (Å²) in [7, 11) is -2.74. The van der Waals surface area contributed by atoms with Gasteiger partial charge < -0.3 is 30.4 Å². The number of hydrogen-bond donors (Lipinski definition) is 0. The first kappa shape index (κ1) is 18.6. The van der Waals surface area contributed by atoms with Crippen molar-refractivity contribution in [3.8, 4) is 0 Å². The second-order valence-electron chi connectivity index (χ2n) is 4.52. The lowest BCUT2D eigenvalue weighted by Gasteiger charge is -2.34. The van der Waals surface area contributed by atoms with Crippen LogP contribution in [0, 0.1) is 0 Å². The van der Waals surface area contributed by atoms with Crippen molar-refractivity contribution in [2.24, 2.45) is 0 Å². The van der Waals surface area contributed by atoms with E-state index in [0.717, 1.165) is 6.04 Å². The van der Waals surface area contributed by atoms with Crippen LogP contribution in [0.1, 0.15) is 0 Å². The molecule has 20 heavy (non-hydrogen) atoms. The zero-order valence-electron chi connectivity index (χ0n) is 13.0. The summed E-state index contributed by atoms with van der Waals surface area (Å²) in [6, 6.07) is 1.37. The maximum atomic E-state index is 6.08. The van der Waals surface area contributed by atoms with Crippen LogP contribution in [0.2, 0.25) is 31.7 Å². The summed E-state index contributed by atoms with van der Waals surface area (Å²) in [5, 5.41) is 0. The van der Waals surface area contributed by atoms with E-state index in [1.54, 1.807) is 21.3 Å². The molecule has 0 N–H and O–H groups in total. The van der Waals surface area contributed by atoms with Gasteiger partial charge in [-0.2, -0.15) is 0 Å². The predicted octanol–water partition coefficient (Wildman–Crippen LogP) is 1.21. The fourth-order valence-corrected chi connectivity index (χ4v) is 12.3. The van der Waals surface area contributed by atoms with E-state index in [9.17, 15) is 0 Å². The Morgan fingerprint density at radius 1 is 1.10 bits per heavy atom. The molecule has 1 heterocycles. The Hall–Kier alpha value is 0.588. The van der Waals surface area contributed by atoms with Crippen LogP contribution in [0.4, 0.5) is 0 Å². The maximum Gasteiger partial charge on any atom is 0.500 e. The minimum absolute atomic E-state index is 0.226. The van der Waals surface area contributed by atoms with E-state index in [2.05, 4.69) is 0 Å². The van der Waals surface area contributed by atoms with Crippen LogP contribution in [-0.2, 0) is 30.4 Å². The fraction of sp³-hybridized carbons (Fsp3) is 1.00. The Labute approximate surface area is 126 Å². The molecule has 0 aromatic carbocycles. The van der Waals surface area contributed by atoms with Crippen LogP contribution >= 0.6 is 0 Å². The fourth-order valence-electron chi connectivity index (χ4n) is 1.88. The minimum Gasteiger partial charge on any atom is -0.414 e. The molecule has 0 bridgehead atoms. The highest BCUT2D eigenvalue weighted by Crippen LogP contribution is 2.25. The van der Waals surface area contributed by atoms with E-state index >= 15 is 0 Å². The first-order chi connectivity index (χ1) is 9.38. The van der Waals surface area contributed by atoms with Crippen LogP contribution in [0.25, 0.3) is 0 Å². The smallest absolute Gasteiger partial charge is 0.414 e. The summed E-state index contributed by atoms with van der Waals surface area (Å²) in [4.78, 5) is 0. The quantitative estimate of drug-likeness (QED) is 0.663. The van der Waals surface area contributed by atoms with Crippen molar-refractivity contribution in [1.29, 1.82) is 0 Å². The molecule has 11 heteroatoms. The van der Waals surface area contributed by atoms with Crippen LogP contribution < -0.4 is 0 Å². The molecule has 0 aromatic heterocycles. The van der Waals surface area contributed by atoms with Gasteiger partial charge in [-0.05, 0) is 25.7 Å². The molecule has 2 radical (unpaired) electrons. The average molecular weight is 357 g/mol. The summed E-state index contributed by atoms with van der Waals surface area (Å²) >= 11 is 0. The van der Waals surface area contributed by atoms with Crippen molar-refractivity contribution in [3.05, 3.63) is 0 Å². The summed E-state index contributed by atoms with van der Waals surface area (Å²) in [6.45, 7) is 6.15. The van der Waals surface area contributed by atoms with Gasteiger partial charge in [0, 0.05) is 27.4 Å². The van der Waals surface area contributed by atoms with E-state index in [0.29, 0.717) is 6.04 Å². The number of rotatable bonds is 6. The summed E-state index contributed by atoms with van der Waals surface area (Å²) in [5.41, 5.74) is 0. The molecule has 1 aliphatic heterocycles. The molecule has 0 amide bonds. The van der Waals surface area contributed by atoms with Crippen molar-refractivity contribution < 1.29 is 30.4 Å². The topological polar surface area (TPSA) is 64.6 Å². The molecule has 1 atom stereocenters. The van der Waals surface area contributed by atoms with E-state index < -0.39 is 35.9 Å². The van der Waals surface area contributed by atoms with E-state index in [-0.39, 0.29) is 6.79 Å². The Morgan fingerprint density at radius 2 is 1.70 bits per heavy atom. The largest absolute Gasteiger partial charge is 0.500 e. The van der Waals surface area contributed by atoms with Gasteiger partial charge in [0.15, 0.2) is 0 Å². The lowest BCUT2D eigenvalue weighted by Crippen LogP contribution is -2.51. The molecule has 0 aliphatic carbocycles. The Morgan fingerprint density at radius 3 is 2.25 bits per heavy atom. The molecular formula is C9H24O7Si4. The third-order valence-corrected chi connectivity index (χ3v) is 13.9. The third-order valence-electron chi connectivity index (χ3n) is 3.09. The molecular weight excluding hydrogens is 332 g/mol. The molecule has 7 nitrogen and oxygen atoms in total. The molecule has 118 valence electrons. The highest BCUT2D eigenvalue weighted by molar-refractivity contribution is 6.76. The van der Waals surface area contributed by atoms with Crippen molar-refractivity contribution >= 4 is 35.9 Å². The summed E-state index contributed by atoms with van der Waals surface area (Å²) in [6.07, 6.45) is 0. The van der Waals surface area contributed by atoms with Crippen LogP contribution in [0.3, 0.4) is 0 Å². The van der Waals surface area contributed by atoms with Gasteiger partial charge in [-0.25, -0.2) is 0 Å². The molecule has 1 unspecified atom stereocenters. The van der Waals surface area contributed by atoms with E-state index in [1.807, 2.05) is 19.6 Å². The lowest BCUT2D eigenvalue weighted by atomic mass is 10.9. The summed E-state index contributed by atoms with van der Waals surface area (Å²) < 4.78 is 39.5. The van der Waals surface area contributed by atoms with Crippen molar-refractivity contribution in [1.82, 2.24) is 0 Å². The van der Waals surface area contributed by atoms with Gasteiger partial charge in [0.1, 0.15) is 6.79 Å². The monoisotopic (exact) mass is 356 g/mol. The highest BCUT2D eigenvalue weighted by atomic mass is 28.4. The van der Waals surface area contributed by atoms with Crippen LogP contribution in [0.5, 0.6) is 0 Å². The maximum absolute atomic E-state index is 6.08. The van der Waals surface area contributed by atoms with E-state index in [1.165, 1.54) is 0 Å². The SMILES string of the molecule is CO[Si](CC[Si]1(C)OCO[Si](C)O[Si](C)O1)(OC)OC. The van der Waals surface area contributed by atoms with Gasteiger partial charge in [0.05, 0.1) is 0 Å². The molecule has 1 rings (SSSR count). The number of hydrogen-bond acceptors (Lipinski definition) is 7. The average Bonchev–Trinajstić information content (AvgIpc) is 2.39. The molecule has 0 aromatic rings. The molecule has 1 fully saturated rings. The lowest BCUT2D eigenvalue weighted by molar-refractivity contribution is 0.0598. The van der Waals surface area contributed by atoms with Gasteiger partial charge in [-0.3, -0.25) is 0 Å². The van der Waals surface area contributed by atoms with Gasteiger partial charge >= 0.3 is 35.9 Å². The zero-order chi connectivity index (χ0) is 15.2. The molecule has 1 saturated heterocycles. The molecule has 1 aliphatic rings. The molecule has 0 spiro atoms. The zero-order valence-corrected chi connectivity index (χ0v) is 17.0. The molecule has 0 saturated carbocycles. The van der Waals surface area contributed by atoms with Gasteiger partial charge in [-0.15, -0.1) is 0 Å². The highest BCUT2D eigenvalue weighted by Gasteiger charge is 2.44. The minimum atomic E-state index is -2.60. The van der Waals surface area contributed by atoms with E-state index in [4.69, 9.17) is 30.4 Å². The second kappa shape index (κ2) is 8.28. The Bertz CT molecular complexity index is 285. The Kier molecular flexibility index (Phi) is 7.72. The predicted molar refractivity (Wildman–Crippen MR) is 80.5 cm³/mol. The van der Waals surface area contributed by atoms with Crippen molar-refractivity contribution in [3.63, 3.8) is 0 Å². The van der Waals surface area contributed by atoms with Crippen LogP contribution in [0.15, 0.2) is 0 Å². The first-order valence-corrected chi connectivity index (χ1v) is 14.4. The van der Waals surface area contributed by atoms with Gasteiger partial charge in [0.25, 0.3) is 0 Å². The van der Waals surface area contributed by atoms with Gasteiger partial charge in [-0.1, -0.05) is 0 Å². The third kappa shape index (κ3) is 5.41. The first-order valence-electron chi connectivity index (χ1n) is 6.35. The Balaban J connectivity index is 2.63. The van der Waals surface area contributed by atoms with Crippen LogP contribution in [-0.4, -0.2) is 64.1 Å². The second-order valence-corrected chi connectivity index (χ2v) is 14.6. The normalized spacial score (nSPS) is 27.3. The van der Waals surface area contributed by atoms with Crippen molar-refractivity contribution in [2.45, 2.75) is 31.7 Å². The van der Waals surface area contributed by atoms with Crippen molar-refractivity contribution in [2.75, 3.05) is 28.1 Å². The standard InChI is InChI=1S/C9H24O7Si4/c1-10-20(11-2,12-3)8-7-19(6)14-9-13-17(4)15-18(5)16-19/h7-9H2,1-6H3. The van der Waals surface area contributed by atoms with Gasteiger partial charge in [0.2, 0.25) is 0 Å². The summed E-state index contributed by atoms with van der Waals surface area (Å²) in [5.74, 6) is 0.